The van der Waals surface area contributed by atoms with Crippen LogP contribution < -0.4 is 9.47 Å². The number of amides is 2. The van der Waals surface area contributed by atoms with Gasteiger partial charge in [-0.25, -0.2) is 0 Å². The maximum atomic E-state index is 13.5. The molecule has 5 nitrogen and oxygen atoms in total. The van der Waals surface area contributed by atoms with Gasteiger partial charge in [0.25, 0.3) is 11.8 Å². The second-order valence-corrected chi connectivity index (χ2v) is 7.95. The van der Waals surface area contributed by atoms with Gasteiger partial charge in [-0.15, -0.1) is 0 Å². The number of thioether (sulfide) groups is 1. The van der Waals surface area contributed by atoms with Crippen LogP contribution in [0.3, 0.4) is 0 Å². The Labute approximate surface area is 185 Å². The first-order chi connectivity index (χ1) is 15.1. The summed E-state index contributed by atoms with van der Waals surface area (Å²) in [5.41, 5.74) is 1.82. The Kier molecular flexibility index (Phi) is 6.09. The maximum Gasteiger partial charge on any atom is 0.268 e. The Morgan fingerprint density at radius 1 is 0.774 bits per heavy atom. The van der Waals surface area contributed by atoms with Gasteiger partial charge in [-0.2, -0.15) is 0 Å². The van der Waals surface area contributed by atoms with Crippen LogP contribution in [0.15, 0.2) is 88.7 Å². The molecule has 0 unspecified atom stereocenters. The van der Waals surface area contributed by atoms with Crippen molar-refractivity contribution >= 4 is 29.1 Å². The van der Waals surface area contributed by atoms with Gasteiger partial charge in [0.15, 0.2) is 0 Å². The molecule has 3 aromatic rings. The SMILES string of the molecule is COc1ccc(CN2C(=O)C(Sc3ccccc3)=C(c3ccccc3OC)C2=O)cc1. The minimum Gasteiger partial charge on any atom is -0.497 e. The predicted octanol–water partition coefficient (Wildman–Crippen LogP) is 4.78. The molecule has 0 saturated heterocycles. The average molecular weight is 432 g/mol. The number of carbonyl (C=O) groups is 2. The molecule has 0 bridgehead atoms. The molecule has 0 N–H and O–H groups in total. The van der Waals surface area contributed by atoms with Gasteiger partial charge in [-0.1, -0.05) is 60.3 Å². The summed E-state index contributed by atoms with van der Waals surface area (Å²) in [7, 11) is 3.15. The van der Waals surface area contributed by atoms with Gasteiger partial charge in [0.05, 0.1) is 31.2 Å². The quantitative estimate of drug-likeness (QED) is 0.504. The molecule has 2 amide bonds. The predicted molar refractivity (Wildman–Crippen MR) is 121 cm³/mol. The van der Waals surface area contributed by atoms with E-state index in [-0.39, 0.29) is 18.4 Å². The van der Waals surface area contributed by atoms with Crippen molar-refractivity contribution in [2.45, 2.75) is 11.4 Å². The fraction of sp³-hybridized carbons (Fsp3) is 0.120. The van der Waals surface area contributed by atoms with Gasteiger partial charge in [-0.3, -0.25) is 14.5 Å². The third-order valence-electron chi connectivity index (χ3n) is 4.96. The van der Waals surface area contributed by atoms with E-state index in [0.717, 1.165) is 16.2 Å². The smallest absolute Gasteiger partial charge is 0.268 e. The second-order valence-electron chi connectivity index (χ2n) is 6.86. The van der Waals surface area contributed by atoms with Crippen LogP contribution in [-0.4, -0.2) is 30.9 Å². The highest BCUT2D eigenvalue weighted by Crippen LogP contribution is 2.42. The van der Waals surface area contributed by atoms with E-state index >= 15 is 0 Å². The van der Waals surface area contributed by atoms with Gasteiger partial charge in [-0.05, 0) is 35.9 Å². The van der Waals surface area contributed by atoms with Crippen LogP contribution in [0.1, 0.15) is 11.1 Å². The first kappa shape index (κ1) is 20.8. The Bertz CT molecular complexity index is 1140. The summed E-state index contributed by atoms with van der Waals surface area (Å²) in [6.45, 7) is 0.180. The highest BCUT2D eigenvalue weighted by molar-refractivity contribution is 8.04. The molecule has 1 heterocycles. The van der Waals surface area contributed by atoms with Gasteiger partial charge in [0.2, 0.25) is 0 Å². The summed E-state index contributed by atoms with van der Waals surface area (Å²) in [5.74, 6) is 0.631. The van der Waals surface area contributed by atoms with E-state index in [1.807, 2.05) is 72.8 Å². The number of para-hydroxylation sites is 1. The fourth-order valence-electron chi connectivity index (χ4n) is 3.40. The van der Waals surface area contributed by atoms with E-state index < -0.39 is 0 Å². The molecular formula is C25H21NO4S. The minimum absolute atomic E-state index is 0.180. The maximum absolute atomic E-state index is 13.5. The van der Waals surface area contributed by atoms with Crippen molar-refractivity contribution in [3.63, 3.8) is 0 Å². The number of benzene rings is 3. The van der Waals surface area contributed by atoms with Crippen LogP contribution in [0.2, 0.25) is 0 Å². The molecular weight excluding hydrogens is 410 g/mol. The molecule has 0 fully saturated rings. The molecule has 0 aromatic heterocycles. The fourth-order valence-corrected chi connectivity index (χ4v) is 4.43. The summed E-state index contributed by atoms with van der Waals surface area (Å²) >= 11 is 1.30. The normalized spacial score (nSPS) is 13.7. The first-order valence-corrected chi connectivity index (χ1v) is 10.5. The molecule has 3 aromatic carbocycles. The number of rotatable bonds is 7. The average Bonchev–Trinajstić information content (AvgIpc) is 3.04. The van der Waals surface area contributed by atoms with E-state index in [2.05, 4.69) is 0 Å². The number of nitrogens with zero attached hydrogens (tertiary/aromatic N) is 1. The molecule has 1 aliphatic heterocycles. The topological polar surface area (TPSA) is 55.8 Å². The van der Waals surface area contributed by atoms with Crippen molar-refractivity contribution in [3.8, 4) is 11.5 Å². The van der Waals surface area contributed by atoms with Crippen molar-refractivity contribution in [2.24, 2.45) is 0 Å². The molecule has 6 heteroatoms. The van der Waals surface area contributed by atoms with Crippen LogP contribution >= 0.6 is 11.8 Å². The summed E-state index contributed by atoms with van der Waals surface area (Å²) in [6.07, 6.45) is 0. The van der Waals surface area contributed by atoms with Gasteiger partial charge >= 0.3 is 0 Å². The van der Waals surface area contributed by atoms with Crippen molar-refractivity contribution < 1.29 is 19.1 Å². The first-order valence-electron chi connectivity index (χ1n) is 9.72. The lowest BCUT2D eigenvalue weighted by Gasteiger charge is -2.16. The summed E-state index contributed by atoms with van der Waals surface area (Å²) in [4.78, 5) is 29.4. The monoisotopic (exact) mass is 431 g/mol. The van der Waals surface area contributed by atoms with Crippen LogP contribution in [-0.2, 0) is 16.1 Å². The lowest BCUT2D eigenvalue weighted by atomic mass is 10.0. The number of hydrogen-bond donors (Lipinski definition) is 0. The Balaban J connectivity index is 1.74. The minimum atomic E-state index is -0.330. The highest BCUT2D eigenvalue weighted by Gasteiger charge is 2.40. The summed E-state index contributed by atoms with van der Waals surface area (Å²) in [6, 6.07) is 24.2. The van der Waals surface area contributed by atoms with Crippen molar-refractivity contribution in [1.29, 1.82) is 0 Å². The Morgan fingerprint density at radius 2 is 1.45 bits per heavy atom. The summed E-state index contributed by atoms with van der Waals surface area (Å²) in [5, 5.41) is 0. The number of ether oxygens (including phenoxy) is 2. The zero-order chi connectivity index (χ0) is 21.8. The van der Waals surface area contributed by atoms with Gasteiger partial charge in [0, 0.05) is 10.5 Å². The van der Waals surface area contributed by atoms with E-state index in [0.29, 0.717) is 21.8 Å². The van der Waals surface area contributed by atoms with Crippen LogP contribution in [0, 0.1) is 0 Å². The number of methoxy groups -OCH3 is 2. The van der Waals surface area contributed by atoms with Crippen molar-refractivity contribution in [2.75, 3.05) is 14.2 Å². The number of carbonyl (C=O) groups excluding carboxylic acids is 2. The molecule has 4 rings (SSSR count). The highest BCUT2D eigenvalue weighted by atomic mass is 32.2. The third kappa shape index (κ3) is 4.20. The molecule has 31 heavy (non-hydrogen) atoms. The molecule has 0 saturated carbocycles. The number of imide groups is 1. The van der Waals surface area contributed by atoms with E-state index in [1.54, 1.807) is 20.3 Å². The van der Waals surface area contributed by atoms with Gasteiger partial charge < -0.3 is 9.47 Å². The third-order valence-corrected chi connectivity index (χ3v) is 6.06. The Hall–Kier alpha value is -3.51. The molecule has 156 valence electrons. The van der Waals surface area contributed by atoms with Crippen LogP contribution in [0.4, 0.5) is 0 Å². The van der Waals surface area contributed by atoms with Crippen LogP contribution in [0.5, 0.6) is 11.5 Å². The zero-order valence-corrected chi connectivity index (χ0v) is 18.0. The Morgan fingerprint density at radius 3 is 2.13 bits per heavy atom. The second kappa shape index (κ2) is 9.10. The standard InChI is InChI=1S/C25H21NO4S/c1-29-18-14-12-17(13-15-18)16-26-24(27)22(20-10-6-7-11-21(20)30-2)23(25(26)28)31-19-8-4-3-5-9-19/h3-15H,16H2,1-2H3. The van der Waals surface area contributed by atoms with Crippen molar-refractivity contribution in [1.82, 2.24) is 4.90 Å². The van der Waals surface area contributed by atoms with E-state index in [1.165, 1.54) is 16.7 Å². The van der Waals surface area contributed by atoms with E-state index in [9.17, 15) is 9.59 Å². The van der Waals surface area contributed by atoms with Crippen molar-refractivity contribution in [3.05, 3.63) is 94.9 Å². The van der Waals surface area contributed by atoms with Crippen LogP contribution in [0.25, 0.3) is 5.57 Å². The van der Waals surface area contributed by atoms with E-state index in [4.69, 9.17) is 9.47 Å². The molecule has 0 atom stereocenters. The van der Waals surface area contributed by atoms with Gasteiger partial charge in [0.1, 0.15) is 11.5 Å². The molecule has 0 aliphatic carbocycles. The summed E-state index contributed by atoms with van der Waals surface area (Å²) < 4.78 is 10.7. The zero-order valence-electron chi connectivity index (χ0n) is 17.2. The molecule has 0 spiro atoms. The lowest BCUT2D eigenvalue weighted by Crippen LogP contribution is -2.30. The largest absolute Gasteiger partial charge is 0.497 e. The molecule has 0 radical (unpaired) electrons. The lowest BCUT2D eigenvalue weighted by molar-refractivity contribution is -0.137. The molecule has 1 aliphatic rings. The number of hydrogen-bond acceptors (Lipinski definition) is 5.